The number of hydrogen-bond donors (Lipinski definition) is 2. The molecule has 4 rings (SSSR count). The molecule has 3 heterocycles. The number of carbonyl (C=O) groups is 1. The molecule has 5 nitrogen and oxygen atoms in total. The molecule has 1 aromatic carbocycles. The van der Waals surface area contributed by atoms with Gasteiger partial charge in [0.15, 0.2) is 0 Å². The predicted octanol–water partition coefficient (Wildman–Crippen LogP) is 2.97. The quantitative estimate of drug-likeness (QED) is 0.791. The zero-order valence-corrected chi connectivity index (χ0v) is 16.2. The van der Waals surface area contributed by atoms with Crippen molar-refractivity contribution in [1.29, 1.82) is 0 Å². The lowest BCUT2D eigenvalue weighted by atomic mass is 9.79. The van der Waals surface area contributed by atoms with Gasteiger partial charge in [-0.2, -0.15) is 13.2 Å². The van der Waals surface area contributed by atoms with Gasteiger partial charge in [-0.1, -0.05) is 18.2 Å². The fourth-order valence-corrected chi connectivity index (χ4v) is 4.39. The number of fused-ring (bicyclic) bond motifs is 4. The van der Waals surface area contributed by atoms with E-state index in [1.54, 1.807) is 10.6 Å². The number of halogens is 4. The van der Waals surface area contributed by atoms with Gasteiger partial charge in [-0.05, 0) is 30.5 Å². The first kappa shape index (κ1) is 21.4. The van der Waals surface area contributed by atoms with Gasteiger partial charge in [-0.25, -0.2) is 0 Å². The number of pyridine rings is 1. The van der Waals surface area contributed by atoms with Gasteiger partial charge in [-0.15, -0.1) is 12.4 Å². The molecule has 0 saturated carbocycles. The van der Waals surface area contributed by atoms with E-state index in [4.69, 9.17) is 0 Å². The van der Waals surface area contributed by atoms with Crippen LogP contribution in [0.25, 0.3) is 0 Å². The zero-order chi connectivity index (χ0) is 19.9. The van der Waals surface area contributed by atoms with E-state index in [-0.39, 0.29) is 42.4 Å². The minimum atomic E-state index is -4.61. The van der Waals surface area contributed by atoms with Crippen molar-refractivity contribution in [2.24, 2.45) is 5.92 Å². The summed E-state index contributed by atoms with van der Waals surface area (Å²) in [5.41, 5.74) is -0.617. The highest BCUT2D eigenvalue weighted by Crippen LogP contribution is 2.38. The van der Waals surface area contributed by atoms with Crippen molar-refractivity contribution in [2.75, 3.05) is 19.6 Å². The Hall–Kier alpha value is -2.32. The number of amides is 1. The van der Waals surface area contributed by atoms with Crippen molar-refractivity contribution in [1.82, 2.24) is 15.2 Å². The molecule has 29 heavy (non-hydrogen) atoms. The Labute approximate surface area is 171 Å². The van der Waals surface area contributed by atoms with E-state index in [2.05, 4.69) is 10.6 Å². The summed E-state index contributed by atoms with van der Waals surface area (Å²) < 4.78 is 41.3. The predicted molar refractivity (Wildman–Crippen MR) is 104 cm³/mol. The number of piperidine rings is 1. The molecule has 2 bridgehead atoms. The molecule has 0 aliphatic carbocycles. The van der Waals surface area contributed by atoms with Gasteiger partial charge in [-0.3, -0.25) is 9.59 Å². The number of rotatable bonds is 3. The molecule has 156 valence electrons. The summed E-state index contributed by atoms with van der Waals surface area (Å²) in [5.74, 6) is -0.431. The summed E-state index contributed by atoms with van der Waals surface area (Å²) >= 11 is 0. The summed E-state index contributed by atoms with van der Waals surface area (Å²) in [6.07, 6.45) is -3.72. The highest BCUT2D eigenvalue weighted by molar-refractivity contribution is 5.95. The molecule has 2 aromatic rings. The van der Waals surface area contributed by atoms with Crippen molar-refractivity contribution in [3.05, 3.63) is 69.6 Å². The molecule has 9 heteroatoms. The summed E-state index contributed by atoms with van der Waals surface area (Å²) in [6.45, 7) is 1.59. The number of aromatic nitrogens is 1. The Morgan fingerprint density at radius 3 is 2.66 bits per heavy atom. The molecule has 1 fully saturated rings. The summed E-state index contributed by atoms with van der Waals surface area (Å²) in [5, 5.41) is 5.97. The Kier molecular flexibility index (Phi) is 6.05. The van der Waals surface area contributed by atoms with Crippen molar-refractivity contribution in [2.45, 2.75) is 24.6 Å². The Morgan fingerprint density at radius 1 is 1.14 bits per heavy atom. The maximum atomic E-state index is 13.2. The third-order valence-corrected chi connectivity index (χ3v) is 5.65. The number of nitrogens with zero attached hydrogens (tertiary/aromatic N) is 1. The van der Waals surface area contributed by atoms with Crippen LogP contribution in [0.15, 0.2) is 47.3 Å². The van der Waals surface area contributed by atoms with Crippen LogP contribution in [-0.2, 0) is 6.18 Å². The van der Waals surface area contributed by atoms with Gasteiger partial charge in [0.2, 0.25) is 0 Å². The van der Waals surface area contributed by atoms with Crippen LogP contribution in [0.3, 0.4) is 0 Å². The maximum Gasteiger partial charge on any atom is 0.417 e. The van der Waals surface area contributed by atoms with Crippen molar-refractivity contribution in [3.8, 4) is 0 Å². The summed E-state index contributed by atoms with van der Waals surface area (Å²) in [7, 11) is 0. The van der Waals surface area contributed by atoms with E-state index in [9.17, 15) is 22.8 Å². The SMILES string of the molecule is Cl.O=C(NC[C@H]1[C@@H]2CNC[C@@H](C2)c2cccc(=O)n21)c1ccccc1C(F)(F)F. The first-order chi connectivity index (χ1) is 13.4. The molecule has 1 amide bonds. The molecule has 1 aromatic heterocycles. The van der Waals surface area contributed by atoms with E-state index < -0.39 is 23.2 Å². The number of hydrogen-bond acceptors (Lipinski definition) is 3. The average Bonchev–Trinajstić information content (AvgIpc) is 2.68. The van der Waals surface area contributed by atoms with E-state index in [0.717, 1.165) is 30.8 Å². The van der Waals surface area contributed by atoms with Gasteiger partial charge in [0.05, 0.1) is 17.2 Å². The second-order valence-electron chi connectivity index (χ2n) is 7.33. The fraction of sp³-hybridized carbons (Fsp3) is 0.400. The van der Waals surface area contributed by atoms with Gasteiger partial charge in [0.1, 0.15) is 0 Å². The monoisotopic (exact) mass is 427 g/mol. The lowest BCUT2D eigenvalue weighted by Gasteiger charge is -2.43. The summed E-state index contributed by atoms with van der Waals surface area (Å²) in [4.78, 5) is 25.0. The van der Waals surface area contributed by atoms with Crippen LogP contribution < -0.4 is 16.2 Å². The number of carbonyl (C=O) groups excluding carboxylic acids is 1. The van der Waals surface area contributed by atoms with E-state index >= 15 is 0 Å². The normalized spacial score (nSPS) is 22.9. The third-order valence-electron chi connectivity index (χ3n) is 5.65. The minimum Gasteiger partial charge on any atom is -0.350 e. The number of benzene rings is 1. The lowest BCUT2D eigenvalue weighted by molar-refractivity contribution is -0.137. The largest absolute Gasteiger partial charge is 0.417 e. The molecular formula is C20H21ClF3N3O2. The lowest BCUT2D eigenvalue weighted by Crippen LogP contribution is -2.50. The first-order valence-corrected chi connectivity index (χ1v) is 9.23. The topological polar surface area (TPSA) is 63.1 Å². The standard InChI is InChI=1S/C20H20F3N3O2.ClH/c21-20(22,23)15-5-2-1-4-14(15)19(28)25-11-17-13-8-12(9-24-10-13)16-6-3-7-18(27)26(16)17;/h1-7,12-13,17,24H,8-11H2,(H,25,28);1H/t12-,13+,17+;/m1./s1. The molecule has 3 atom stereocenters. The highest BCUT2D eigenvalue weighted by atomic mass is 35.5. The van der Waals surface area contributed by atoms with Gasteiger partial charge in [0, 0.05) is 37.3 Å². The third kappa shape index (κ3) is 4.04. The highest BCUT2D eigenvalue weighted by Gasteiger charge is 2.38. The van der Waals surface area contributed by atoms with Gasteiger partial charge in [0.25, 0.3) is 11.5 Å². The molecule has 2 N–H and O–H groups in total. The Bertz CT molecular complexity index is 960. The van der Waals surface area contributed by atoms with E-state index in [0.29, 0.717) is 6.54 Å². The van der Waals surface area contributed by atoms with Crippen LogP contribution in [0.2, 0.25) is 0 Å². The van der Waals surface area contributed by atoms with Crippen molar-refractivity contribution < 1.29 is 18.0 Å². The van der Waals surface area contributed by atoms with E-state index in [1.807, 2.05) is 6.07 Å². The van der Waals surface area contributed by atoms with Gasteiger partial charge >= 0.3 is 6.18 Å². The van der Waals surface area contributed by atoms with E-state index in [1.165, 1.54) is 18.2 Å². The van der Waals surface area contributed by atoms with Crippen LogP contribution in [0.4, 0.5) is 13.2 Å². The molecule has 0 spiro atoms. The maximum absolute atomic E-state index is 13.2. The smallest absolute Gasteiger partial charge is 0.350 e. The van der Waals surface area contributed by atoms with Crippen molar-refractivity contribution >= 4 is 18.3 Å². The molecule has 2 aliphatic heterocycles. The van der Waals surface area contributed by atoms with Gasteiger partial charge < -0.3 is 15.2 Å². The minimum absolute atomic E-state index is 0. The second kappa shape index (κ2) is 8.20. The second-order valence-corrected chi connectivity index (χ2v) is 7.33. The first-order valence-electron chi connectivity index (χ1n) is 9.23. The molecule has 0 unspecified atom stereocenters. The van der Waals surface area contributed by atoms with Crippen LogP contribution >= 0.6 is 12.4 Å². The molecule has 1 saturated heterocycles. The summed E-state index contributed by atoms with van der Waals surface area (Å²) in [6, 6.07) is 9.52. The molecular weight excluding hydrogens is 407 g/mol. The number of nitrogens with one attached hydrogen (secondary N) is 2. The van der Waals surface area contributed by atoms with Crippen LogP contribution in [0.5, 0.6) is 0 Å². The average molecular weight is 428 g/mol. The van der Waals surface area contributed by atoms with Crippen molar-refractivity contribution in [3.63, 3.8) is 0 Å². The molecule has 0 radical (unpaired) electrons. The Balaban J connectivity index is 0.00000240. The van der Waals surface area contributed by atoms with Crippen LogP contribution in [-0.4, -0.2) is 30.1 Å². The Morgan fingerprint density at radius 2 is 1.90 bits per heavy atom. The number of alkyl halides is 3. The van der Waals surface area contributed by atoms with Crippen LogP contribution in [0, 0.1) is 5.92 Å². The zero-order valence-electron chi connectivity index (χ0n) is 15.4. The van der Waals surface area contributed by atoms with Crippen LogP contribution in [0.1, 0.15) is 40.0 Å². The molecule has 2 aliphatic rings. The fourth-order valence-electron chi connectivity index (χ4n) is 4.39.